The Morgan fingerprint density at radius 1 is 0.975 bits per heavy atom. The molecule has 0 unspecified atom stereocenters. The monoisotopic (exact) mass is 583 g/mol. The minimum absolute atomic E-state index is 0.0214. The van der Waals surface area contributed by atoms with Crippen molar-refractivity contribution >= 4 is 46.8 Å². The average Bonchev–Trinajstić information content (AvgIpc) is 3.20. The molecule has 9 heteroatoms. The van der Waals surface area contributed by atoms with Crippen molar-refractivity contribution in [3.8, 4) is 0 Å². The third-order valence-electron chi connectivity index (χ3n) is 7.76. The van der Waals surface area contributed by atoms with Gasteiger partial charge in [0.2, 0.25) is 23.6 Å². The molecule has 1 saturated heterocycles. The molecule has 2 aromatic carbocycles. The number of allylic oxidation sites excluding steroid dienone is 2. The van der Waals surface area contributed by atoms with Crippen LogP contribution < -0.4 is 5.32 Å². The molecule has 7 nitrogen and oxygen atoms in total. The second-order valence-corrected chi connectivity index (χ2v) is 11.3. The number of nitrogens with zero attached hydrogens (tertiary/aromatic N) is 2. The SMILES string of the molecule is CC[C@@H](C)NC(=O)[C@@H](Cc1ccccc1)N(Cc1ccc(Cl)c(Cl)c1)C(=O)CCN1C(=O)[C@H]2CC=CC[C@H]2C1=O. The highest BCUT2D eigenvalue weighted by molar-refractivity contribution is 6.42. The summed E-state index contributed by atoms with van der Waals surface area (Å²) in [7, 11) is 0. The van der Waals surface area contributed by atoms with Gasteiger partial charge in [-0.05, 0) is 49.4 Å². The summed E-state index contributed by atoms with van der Waals surface area (Å²) in [6.07, 6.45) is 5.90. The maximum absolute atomic E-state index is 13.9. The second-order valence-electron chi connectivity index (χ2n) is 10.5. The molecular weight excluding hydrogens is 549 g/mol. The molecule has 212 valence electrons. The first-order valence-electron chi connectivity index (χ1n) is 13.8. The highest BCUT2D eigenvalue weighted by Crippen LogP contribution is 2.35. The number of benzene rings is 2. The smallest absolute Gasteiger partial charge is 0.243 e. The maximum atomic E-state index is 13.9. The van der Waals surface area contributed by atoms with Crippen LogP contribution in [0.3, 0.4) is 0 Å². The number of hydrogen-bond donors (Lipinski definition) is 1. The van der Waals surface area contributed by atoms with Crippen molar-refractivity contribution in [3.05, 3.63) is 81.9 Å². The molecule has 2 aromatic rings. The summed E-state index contributed by atoms with van der Waals surface area (Å²) in [4.78, 5) is 56.3. The highest BCUT2D eigenvalue weighted by atomic mass is 35.5. The lowest BCUT2D eigenvalue weighted by molar-refractivity contribution is -0.144. The van der Waals surface area contributed by atoms with Gasteiger partial charge < -0.3 is 10.2 Å². The lowest BCUT2D eigenvalue weighted by atomic mass is 9.85. The first-order valence-corrected chi connectivity index (χ1v) is 14.5. The van der Waals surface area contributed by atoms with Crippen LogP contribution in [0.1, 0.15) is 50.7 Å². The number of rotatable bonds is 11. The quantitative estimate of drug-likeness (QED) is 0.291. The molecule has 4 atom stereocenters. The predicted molar refractivity (Wildman–Crippen MR) is 156 cm³/mol. The first-order chi connectivity index (χ1) is 19.2. The third kappa shape index (κ3) is 6.94. The van der Waals surface area contributed by atoms with E-state index in [2.05, 4.69) is 5.32 Å². The summed E-state index contributed by atoms with van der Waals surface area (Å²) in [5.74, 6) is -1.76. The lowest BCUT2D eigenvalue weighted by Gasteiger charge is -2.33. The third-order valence-corrected chi connectivity index (χ3v) is 8.50. The van der Waals surface area contributed by atoms with E-state index in [9.17, 15) is 19.2 Å². The van der Waals surface area contributed by atoms with Gasteiger partial charge in [0, 0.05) is 32.0 Å². The molecule has 0 bridgehead atoms. The van der Waals surface area contributed by atoms with Gasteiger partial charge in [0.1, 0.15) is 6.04 Å². The fourth-order valence-corrected chi connectivity index (χ4v) is 5.59. The second kappa shape index (κ2) is 13.5. The topological polar surface area (TPSA) is 86.8 Å². The molecule has 1 fully saturated rings. The van der Waals surface area contributed by atoms with E-state index >= 15 is 0 Å². The van der Waals surface area contributed by atoms with Gasteiger partial charge in [-0.25, -0.2) is 0 Å². The van der Waals surface area contributed by atoms with E-state index in [0.29, 0.717) is 34.9 Å². The number of nitrogens with one attached hydrogen (secondary N) is 1. The van der Waals surface area contributed by atoms with Gasteiger partial charge in [0.15, 0.2) is 0 Å². The van der Waals surface area contributed by atoms with E-state index in [-0.39, 0.29) is 61.0 Å². The molecule has 1 heterocycles. The zero-order valence-corrected chi connectivity index (χ0v) is 24.3. The van der Waals surface area contributed by atoms with Crippen LogP contribution in [0, 0.1) is 11.8 Å². The Kier molecular flexibility index (Phi) is 10.0. The van der Waals surface area contributed by atoms with E-state index < -0.39 is 6.04 Å². The Labute approximate surface area is 245 Å². The Morgan fingerprint density at radius 3 is 2.23 bits per heavy atom. The molecular formula is C31H35Cl2N3O4. The van der Waals surface area contributed by atoms with Crippen molar-refractivity contribution in [2.75, 3.05) is 6.54 Å². The summed E-state index contributed by atoms with van der Waals surface area (Å²) in [6.45, 7) is 3.99. The van der Waals surface area contributed by atoms with Crippen molar-refractivity contribution in [2.24, 2.45) is 11.8 Å². The van der Waals surface area contributed by atoms with Crippen LogP contribution in [0.4, 0.5) is 0 Å². The van der Waals surface area contributed by atoms with E-state index in [1.54, 1.807) is 18.2 Å². The molecule has 0 radical (unpaired) electrons. The predicted octanol–water partition coefficient (Wildman–Crippen LogP) is 5.19. The number of halogens is 2. The van der Waals surface area contributed by atoms with Crippen LogP contribution in [0.25, 0.3) is 0 Å². The van der Waals surface area contributed by atoms with E-state index in [4.69, 9.17) is 23.2 Å². The molecule has 4 rings (SSSR count). The molecule has 2 aliphatic rings. The fourth-order valence-electron chi connectivity index (χ4n) is 5.27. The Morgan fingerprint density at radius 2 is 1.62 bits per heavy atom. The van der Waals surface area contributed by atoms with Gasteiger partial charge in [-0.2, -0.15) is 0 Å². The zero-order chi connectivity index (χ0) is 28.8. The number of amides is 4. The molecule has 1 N–H and O–H groups in total. The van der Waals surface area contributed by atoms with Gasteiger partial charge in [0.25, 0.3) is 0 Å². The summed E-state index contributed by atoms with van der Waals surface area (Å²) in [6, 6.07) is 13.7. The van der Waals surface area contributed by atoms with Crippen LogP contribution >= 0.6 is 23.2 Å². The summed E-state index contributed by atoms with van der Waals surface area (Å²) < 4.78 is 0. The molecule has 40 heavy (non-hydrogen) atoms. The van der Waals surface area contributed by atoms with E-state index in [1.165, 1.54) is 9.80 Å². The number of imide groups is 1. The van der Waals surface area contributed by atoms with Crippen molar-refractivity contribution < 1.29 is 19.2 Å². The number of carbonyl (C=O) groups is 4. The standard InChI is InChI=1S/C31H35Cl2N3O4/c1-3-20(2)34-29(38)27(18-21-9-5-4-6-10-21)36(19-22-13-14-25(32)26(33)17-22)28(37)15-16-35-30(39)23-11-7-8-12-24(23)31(35)40/h4-10,13-14,17,20,23-24,27H,3,11-12,15-16,18-19H2,1-2H3,(H,34,38)/t20-,23-,24+,27-/m1/s1. The summed E-state index contributed by atoms with van der Waals surface area (Å²) >= 11 is 12.4. The van der Waals surface area contributed by atoms with Crippen molar-refractivity contribution in [1.29, 1.82) is 0 Å². The van der Waals surface area contributed by atoms with Crippen molar-refractivity contribution in [1.82, 2.24) is 15.1 Å². The van der Waals surface area contributed by atoms with Gasteiger partial charge in [-0.15, -0.1) is 0 Å². The minimum Gasteiger partial charge on any atom is -0.352 e. The summed E-state index contributed by atoms with van der Waals surface area (Å²) in [5.41, 5.74) is 1.61. The van der Waals surface area contributed by atoms with Crippen LogP contribution in [0.2, 0.25) is 10.0 Å². The summed E-state index contributed by atoms with van der Waals surface area (Å²) in [5, 5.41) is 3.77. The van der Waals surface area contributed by atoms with Gasteiger partial charge in [0.05, 0.1) is 21.9 Å². The van der Waals surface area contributed by atoms with E-state index in [0.717, 1.165) is 12.0 Å². The first kappa shape index (κ1) is 29.8. The van der Waals surface area contributed by atoms with Crippen molar-refractivity contribution in [3.63, 3.8) is 0 Å². The molecule has 1 aliphatic heterocycles. The largest absolute Gasteiger partial charge is 0.352 e. The zero-order valence-electron chi connectivity index (χ0n) is 22.8. The normalized spacial score (nSPS) is 19.8. The van der Waals surface area contributed by atoms with Crippen molar-refractivity contribution in [2.45, 2.75) is 64.6 Å². The van der Waals surface area contributed by atoms with Crippen LogP contribution in [0.15, 0.2) is 60.7 Å². The molecule has 0 spiro atoms. The van der Waals surface area contributed by atoms with Gasteiger partial charge in [-0.3, -0.25) is 24.1 Å². The van der Waals surface area contributed by atoms with Crippen LogP contribution in [0.5, 0.6) is 0 Å². The fraction of sp³-hybridized carbons (Fsp3) is 0.419. The lowest BCUT2D eigenvalue weighted by Crippen LogP contribution is -2.52. The Balaban J connectivity index is 1.61. The number of fused-ring (bicyclic) bond motifs is 1. The van der Waals surface area contributed by atoms with Gasteiger partial charge >= 0.3 is 0 Å². The highest BCUT2D eigenvalue weighted by Gasteiger charge is 2.47. The average molecular weight is 585 g/mol. The molecule has 0 aromatic heterocycles. The Bertz CT molecular complexity index is 1260. The Hall–Kier alpha value is -3.16. The van der Waals surface area contributed by atoms with Crippen LogP contribution in [-0.4, -0.2) is 52.1 Å². The molecule has 4 amide bonds. The molecule has 0 saturated carbocycles. The molecule has 1 aliphatic carbocycles. The van der Waals surface area contributed by atoms with E-state index in [1.807, 2.05) is 56.3 Å². The number of carbonyl (C=O) groups excluding carboxylic acids is 4. The number of likely N-dealkylation sites (tertiary alicyclic amines) is 1. The minimum atomic E-state index is -0.824. The van der Waals surface area contributed by atoms with Crippen LogP contribution in [-0.2, 0) is 32.1 Å². The van der Waals surface area contributed by atoms with Gasteiger partial charge in [-0.1, -0.05) is 78.7 Å². The maximum Gasteiger partial charge on any atom is 0.243 e. The number of hydrogen-bond acceptors (Lipinski definition) is 4.